The molecule has 0 aromatic rings. The van der Waals surface area contributed by atoms with Gasteiger partial charge in [-0.25, -0.2) is 0 Å². The minimum atomic E-state index is -2.33. The molecule has 0 fully saturated rings. The van der Waals surface area contributed by atoms with Gasteiger partial charge in [-0.2, -0.15) is 0 Å². The van der Waals surface area contributed by atoms with E-state index in [1.807, 2.05) is 0 Å². The molecule has 0 aliphatic rings. The van der Waals surface area contributed by atoms with Crippen LogP contribution in [0.4, 0.5) is 14.4 Å². The van der Waals surface area contributed by atoms with Gasteiger partial charge in [0.15, 0.2) is 0 Å². The third-order valence-corrected chi connectivity index (χ3v) is 0. The van der Waals surface area contributed by atoms with Gasteiger partial charge in [0, 0.05) is 0 Å². The summed E-state index contributed by atoms with van der Waals surface area (Å²) >= 11 is 0. The molecule has 0 aromatic heterocycles. The number of carbonyl (C=O) groups is 3. The van der Waals surface area contributed by atoms with Crippen molar-refractivity contribution < 1.29 is 74.6 Å². The molecule has 9 nitrogen and oxygen atoms in total. The van der Waals surface area contributed by atoms with Gasteiger partial charge in [0.25, 0.3) is 0 Å². The first-order valence-electron chi connectivity index (χ1n) is 1.86. The van der Waals surface area contributed by atoms with Gasteiger partial charge in [0.2, 0.25) is 6.16 Å². The molecule has 0 saturated carbocycles. The second-order valence-corrected chi connectivity index (χ2v) is 0.766. The molecule has 0 bridgehead atoms. The number of carboxylic acid groups (broad SMARTS) is 6. The van der Waals surface area contributed by atoms with E-state index in [9.17, 15) is 0 Å². The molecule has 0 radical (unpaired) electrons. The van der Waals surface area contributed by atoms with E-state index in [0.717, 1.165) is 0 Å². The van der Waals surface area contributed by atoms with Crippen molar-refractivity contribution in [1.82, 2.24) is 0 Å². The van der Waals surface area contributed by atoms with Gasteiger partial charge in [-0.05, 0) is 12.3 Å². The van der Waals surface area contributed by atoms with Crippen LogP contribution in [0.3, 0.4) is 0 Å². The monoisotopic (exact) mass is 268 g/mol. The van der Waals surface area contributed by atoms with Crippen molar-refractivity contribution in [3.05, 3.63) is 0 Å². The Bertz CT molecular complexity index is 123. The van der Waals surface area contributed by atoms with Gasteiger partial charge in [0.1, 0.15) is 0 Å². The zero-order chi connectivity index (χ0) is 10.7. The Morgan fingerprint density at radius 3 is 0.800 bits per heavy atom. The molecular weight excluding hydrogens is 267 g/mol. The Kier molecular flexibility index (Phi) is 70.5. The largest absolute Gasteiger partial charge is 2.00 e. The van der Waals surface area contributed by atoms with Crippen molar-refractivity contribution >= 4 is 79.3 Å². The summed E-state index contributed by atoms with van der Waals surface area (Å²) in [6, 6.07) is 0. The fourth-order valence-corrected chi connectivity index (χ4v) is 0. The van der Waals surface area contributed by atoms with Gasteiger partial charge in [0.05, 0.1) is 0 Å². The van der Waals surface area contributed by atoms with E-state index in [1.165, 1.54) is 0 Å². The van der Waals surface area contributed by atoms with Crippen LogP contribution in [-0.2, 0) is 0 Å². The molecule has 0 amide bonds. The molecule has 1 N–H and O–H groups in total. The summed E-state index contributed by atoms with van der Waals surface area (Å²) in [5.74, 6) is 0. The average molecular weight is 268 g/mol. The minimum absolute atomic E-state index is 0. The second-order valence-electron chi connectivity index (χ2n) is 0.766. The first-order valence-corrected chi connectivity index (χ1v) is 1.86. The number of hydrogen-bond acceptors (Lipinski definition) is 8. The summed E-state index contributed by atoms with van der Waals surface area (Å²) in [6.45, 7) is 0. The van der Waals surface area contributed by atoms with Crippen molar-refractivity contribution in [3.8, 4) is 0 Å². The maximum absolute atomic E-state index is 8.44. The van der Waals surface area contributed by atoms with Crippen molar-refractivity contribution in [3.63, 3.8) is 0 Å². The molecule has 0 atom stereocenters. The molecule has 15 heavy (non-hydrogen) atoms. The molecule has 72 valence electrons. The molecular formula is C3HCaMgNaO9. The molecule has 12 heteroatoms. The quantitative estimate of drug-likeness (QED) is 0.416. The third kappa shape index (κ3) is 3500. The Balaban J connectivity index is -0.0000000184. The van der Waals surface area contributed by atoms with E-state index in [-0.39, 0.29) is 90.3 Å². The van der Waals surface area contributed by atoms with Gasteiger partial charge in [-0.3, -0.25) is 0 Å². The van der Waals surface area contributed by atoms with Gasteiger partial charge in [-0.1, -0.05) is 0 Å². The average Bonchev–Trinajstić information content (AvgIpc) is 1.54. The van der Waals surface area contributed by atoms with E-state index in [0.29, 0.717) is 0 Å². The maximum Gasteiger partial charge on any atom is 2.00 e. The molecule has 0 aliphatic carbocycles. The van der Waals surface area contributed by atoms with Gasteiger partial charge < -0.3 is 45.0 Å². The molecule has 0 unspecified atom stereocenters. The number of hydrogen-bond donors (Lipinski definition) is 1. The summed E-state index contributed by atoms with van der Waals surface area (Å²) in [5, 5.41) is 48.6. The van der Waals surface area contributed by atoms with E-state index in [2.05, 4.69) is 0 Å². The van der Waals surface area contributed by atoms with Gasteiger partial charge >= 0.3 is 90.3 Å². The fraction of sp³-hybridized carbons (Fsp3) is 0. The Hall–Kier alpha value is 0.836. The van der Waals surface area contributed by atoms with Crippen LogP contribution in [0.1, 0.15) is 0 Å². The number of carbonyl (C=O) groups excluding carboxylic acids is 2. The van der Waals surface area contributed by atoms with Crippen LogP contribution in [0.5, 0.6) is 0 Å². The molecule has 0 aliphatic heterocycles. The van der Waals surface area contributed by atoms with Crippen molar-refractivity contribution in [1.29, 1.82) is 0 Å². The molecule has 0 rings (SSSR count). The van der Waals surface area contributed by atoms with Crippen LogP contribution >= 0.6 is 0 Å². The van der Waals surface area contributed by atoms with Crippen LogP contribution in [0.15, 0.2) is 0 Å². The summed E-state index contributed by atoms with van der Waals surface area (Å²) in [6.07, 6.45) is -6.75. The zero-order valence-electron chi connectivity index (χ0n) is 7.63. The zero-order valence-corrected chi connectivity index (χ0v) is 13.2. The fourth-order valence-electron chi connectivity index (χ4n) is 0. The second kappa shape index (κ2) is 29.4. The van der Waals surface area contributed by atoms with E-state index < -0.39 is 18.5 Å². The van der Waals surface area contributed by atoms with E-state index >= 15 is 0 Å². The molecule has 0 saturated heterocycles. The molecule has 0 spiro atoms. The van der Waals surface area contributed by atoms with Crippen LogP contribution < -0.4 is 55.1 Å². The summed E-state index contributed by atoms with van der Waals surface area (Å²) in [5.41, 5.74) is 0. The Morgan fingerprint density at radius 1 is 0.800 bits per heavy atom. The predicted molar refractivity (Wildman–Crippen MR) is 30.3 cm³/mol. The summed E-state index contributed by atoms with van der Waals surface area (Å²) in [7, 11) is 0. The van der Waals surface area contributed by atoms with Crippen molar-refractivity contribution in [2.75, 3.05) is 0 Å². The summed E-state index contributed by atoms with van der Waals surface area (Å²) in [4.78, 5) is 25.1. The van der Waals surface area contributed by atoms with Crippen LogP contribution in [0.2, 0.25) is 0 Å². The van der Waals surface area contributed by atoms with Crippen LogP contribution in [0, 0.1) is 0 Å². The number of rotatable bonds is 0. The molecule has 0 aromatic carbocycles. The maximum atomic E-state index is 8.44. The van der Waals surface area contributed by atoms with Crippen LogP contribution in [0.25, 0.3) is 0 Å². The van der Waals surface area contributed by atoms with Gasteiger partial charge in [-0.15, -0.1) is 0 Å². The normalized spacial score (nSPS) is 4.80. The topological polar surface area (TPSA) is 187 Å². The Morgan fingerprint density at radius 2 is 0.800 bits per heavy atom. The minimum Gasteiger partial charge on any atom is -0.652 e. The predicted octanol–water partition coefficient (Wildman–Crippen LogP) is -9.76. The third-order valence-electron chi connectivity index (χ3n) is 0. The van der Waals surface area contributed by atoms with E-state index in [4.69, 9.17) is 45.0 Å². The first-order chi connectivity index (χ1) is 5.20. The van der Waals surface area contributed by atoms with Crippen molar-refractivity contribution in [2.24, 2.45) is 0 Å². The van der Waals surface area contributed by atoms with Crippen LogP contribution in [-0.4, -0.2) is 84.4 Å². The summed E-state index contributed by atoms with van der Waals surface area (Å²) < 4.78 is 0. The van der Waals surface area contributed by atoms with Crippen molar-refractivity contribution in [2.45, 2.75) is 0 Å². The Labute approximate surface area is 152 Å². The first kappa shape index (κ1) is 36.0. The standard InChI is InChI=1S/3CH2O3.Ca.Mg.Na/c3*2-1(3)4;;;/h3*(H2,2,3,4);;;/q;;;2*+2;+1/p-5. The SMILES string of the molecule is O=C([O-])O.O=C([O-])[O-].O=C([O-])[O-].[Ca+2].[Mg+2].[Na+]. The smallest absolute Gasteiger partial charge is 0.652 e. The molecule has 0 heterocycles. The van der Waals surface area contributed by atoms with E-state index in [1.54, 1.807) is 0 Å².